The van der Waals surface area contributed by atoms with E-state index < -0.39 is 0 Å². The van der Waals surface area contributed by atoms with Gasteiger partial charge in [0.15, 0.2) is 0 Å². The first-order valence-corrected chi connectivity index (χ1v) is 6.64. The lowest BCUT2D eigenvalue weighted by Gasteiger charge is -2.24. The Bertz CT molecular complexity index is 620. The zero-order valence-corrected chi connectivity index (χ0v) is 12.5. The van der Waals surface area contributed by atoms with Gasteiger partial charge < -0.3 is 10.6 Å². The minimum Gasteiger partial charge on any atom is -0.398 e. The first-order valence-electron chi connectivity index (χ1n) is 6.26. The molecule has 0 aliphatic heterocycles. The Morgan fingerprint density at radius 1 is 0.947 bits per heavy atom. The van der Waals surface area contributed by atoms with Crippen LogP contribution in [0.1, 0.15) is 16.7 Å². The maximum absolute atomic E-state index is 6.13. The SMILES string of the molecule is Cc1ccc(N(C)c2cc(Cl)c(N)cc2C)c(C)c1. The smallest absolute Gasteiger partial charge is 0.0656 e. The van der Waals surface area contributed by atoms with Crippen LogP contribution in [0, 0.1) is 20.8 Å². The molecular formula is C16H19ClN2. The van der Waals surface area contributed by atoms with Gasteiger partial charge in [0.25, 0.3) is 0 Å². The second-order valence-corrected chi connectivity index (χ2v) is 5.42. The van der Waals surface area contributed by atoms with Crippen molar-refractivity contribution in [2.45, 2.75) is 20.8 Å². The number of nitrogens with zero attached hydrogens (tertiary/aromatic N) is 1. The van der Waals surface area contributed by atoms with Crippen LogP contribution >= 0.6 is 11.6 Å². The lowest BCUT2D eigenvalue weighted by atomic mass is 10.1. The molecule has 0 radical (unpaired) electrons. The van der Waals surface area contributed by atoms with Crippen molar-refractivity contribution in [3.8, 4) is 0 Å². The van der Waals surface area contributed by atoms with E-state index in [0.717, 1.165) is 11.3 Å². The molecule has 2 aromatic carbocycles. The molecule has 0 spiro atoms. The van der Waals surface area contributed by atoms with Crippen molar-refractivity contribution in [1.82, 2.24) is 0 Å². The minimum atomic E-state index is 0.595. The van der Waals surface area contributed by atoms with Gasteiger partial charge in [-0.1, -0.05) is 29.3 Å². The number of anilines is 3. The molecule has 100 valence electrons. The third-order valence-corrected chi connectivity index (χ3v) is 3.72. The van der Waals surface area contributed by atoms with Crippen LogP contribution in [0.5, 0.6) is 0 Å². The lowest BCUT2D eigenvalue weighted by Crippen LogP contribution is -2.12. The molecule has 0 aromatic heterocycles. The van der Waals surface area contributed by atoms with E-state index in [1.165, 1.54) is 16.8 Å². The van der Waals surface area contributed by atoms with Crippen LogP contribution in [-0.4, -0.2) is 7.05 Å². The van der Waals surface area contributed by atoms with Crippen LogP contribution in [0.25, 0.3) is 0 Å². The Balaban J connectivity index is 2.49. The summed E-state index contributed by atoms with van der Waals surface area (Å²) in [6.07, 6.45) is 0. The summed E-state index contributed by atoms with van der Waals surface area (Å²) in [7, 11) is 2.05. The summed E-state index contributed by atoms with van der Waals surface area (Å²) >= 11 is 6.13. The number of rotatable bonds is 2. The number of halogens is 1. The maximum atomic E-state index is 6.13. The van der Waals surface area contributed by atoms with Crippen LogP contribution in [0.15, 0.2) is 30.3 Å². The number of hydrogen-bond donors (Lipinski definition) is 1. The van der Waals surface area contributed by atoms with E-state index in [4.69, 9.17) is 17.3 Å². The van der Waals surface area contributed by atoms with Gasteiger partial charge in [-0.05, 0) is 50.1 Å². The van der Waals surface area contributed by atoms with E-state index in [2.05, 4.69) is 36.9 Å². The molecule has 0 heterocycles. The molecule has 2 nitrogen and oxygen atoms in total. The molecule has 19 heavy (non-hydrogen) atoms. The number of hydrogen-bond acceptors (Lipinski definition) is 2. The molecule has 2 aromatic rings. The monoisotopic (exact) mass is 274 g/mol. The van der Waals surface area contributed by atoms with E-state index in [0.29, 0.717) is 10.7 Å². The summed E-state index contributed by atoms with van der Waals surface area (Å²) in [5.74, 6) is 0. The predicted molar refractivity (Wildman–Crippen MR) is 84.6 cm³/mol. The van der Waals surface area contributed by atoms with Gasteiger partial charge in [-0.15, -0.1) is 0 Å². The first kappa shape index (κ1) is 13.8. The first-order chi connectivity index (χ1) is 8.90. The van der Waals surface area contributed by atoms with Crippen LogP contribution < -0.4 is 10.6 Å². The molecule has 0 amide bonds. The van der Waals surface area contributed by atoms with Crippen LogP contribution in [0.4, 0.5) is 17.1 Å². The predicted octanol–water partition coefficient (Wildman–Crippen LogP) is 4.62. The van der Waals surface area contributed by atoms with Crippen molar-refractivity contribution in [2.75, 3.05) is 17.7 Å². The molecule has 0 fully saturated rings. The second-order valence-electron chi connectivity index (χ2n) is 5.01. The largest absolute Gasteiger partial charge is 0.398 e. The Morgan fingerprint density at radius 3 is 2.21 bits per heavy atom. The number of aryl methyl sites for hydroxylation is 3. The number of nitrogen functional groups attached to an aromatic ring is 1. The summed E-state index contributed by atoms with van der Waals surface area (Å²) in [6, 6.07) is 10.3. The number of benzene rings is 2. The highest BCUT2D eigenvalue weighted by Gasteiger charge is 2.11. The molecule has 2 N–H and O–H groups in total. The van der Waals surface area contributed by atoms with Crippen molar-refractivity contribution in [2.24, 2.45) is 0 Å². The fourth-order valence-electron chi connectivity index (χ4n) is 2.37. The van der Waals surface area contributed by atoms with Crippen LogP contribution in [0.2, 0.25) is 5.02 Å². The van der Waals surface area contributed by atoms with E-state index in [9.17, 15) is 0 Å². The Labute approximate surface area is 119 Å². The lowest BCUT2D eigenvalue weighted by molar-refractivity contribution is 1.16. The van der Waals surface area contributed by atoms with Gasteiger partial charge >= 0.3 is 0 Å². The van der Waals surface area contributed by atoms with Gasteiger partial charge in [-0.2, -0.15) is 0 Å². The van der Waals surface area contributed by atoms with E-state index >= 15 is 0 Å². The fourth-order valence-corrected chi connectivity index (χ4v) is 2.52. The molecule has 0 aliphatic carbocycles. The Hall–Kier alpha value is -1.67. The average Bonchev–Trinajstić information content (AvgIpc) is 2.33. The van der Waals surface area contributed by atoms with Crippen molar-refractivity contribution < 1.29 is 0 Å². The molecule has 0 unspecified atom stereocenters. The van der Waals surface area contributed by atoms with Gasteiger partial charge in [0.1, 0.15) is 0 Å². The molecule has 0 aliphatic rings. The van der Waals surface area contributed by atoms with Crippen LogP contribution in [0.3, 0.4) is 0 Å². The van der Waals surface area contributed by atoms with Crippen molar-refractivity contribution in [1.29, 1.82) is 0 Å². The number of nitrogens with two attached hydrogens (primary N) is 1. The van der Waals surface area contributed by atoms with Gasteiger partial charge in [0, 0.05) is 18.4 Å². The highest BCUT2D eigenvalue weighted by atomic mass is 35.5. The molecule has 2 rings (SSSR count). The Morgan fingerprint density at radius 2 is 1.58 bits per heavy atom. The maximum Gasteiger partial charge on any atom is 0.0656 e. The molecule has 3 heteroatoms. The summed E-state index contributed by atoms with van der Waals surface area (Å²) in [6.45, 7) is 6.26. The Kier molecular flexibility index (Phi) is 3.72. The molecule has 0 saturated carbocycles. The van der Waals surface area contributed by atoms with E-state index in [1.807, 2.05) is 26.1 Å². The van der Waals surface area contributed by atoms with Crippen molar-refractivity contribution in [3.63, 3.8) is 0 Å². The topological polar surface area (TPSA) is 29.3 Å². The minimum absolute atomic E-state index is 0.595. The van der Waals surface area contributed by atoms with Gasteiger partial charge in [0.05, 0.1) is 10.7 Å². The van der Waals surface area contributed by atoms with Gasteiger partial charge in [-0.25, -0.2) is 0 Å². The highest BCUT2D eigenvalue weighted by molar-refractivity contribution is 6.33. The van der Waals surface area contributed by atoms with Crippen LogP contribution in [-0.2, 0) is 0 Å². The standard InChI is InChI=1S/C16H19ClN2/c1-10-5-6-15(11(2)7-10)19(4)16-9-13(17)14(18)8-12(16)3/h5-9H,18H2,1-4H3. The van der Waals surface area contributed by atoms with Crippen molar-refractivity contribution >= 4 is 28.7 Å². The summed E-state index contributed by atoms with van der Waals surface area (Å²) < 4.78 is 0. The summed E-state index contributed by atoms with van der Waals surface area (Å²) in [5.41, 5.74) is 12.3. The summed E-state index contributed by atoms with van der Waals surface area (Å²) in [5, 5.41) is 0.595. The quantitative estimate of drug-likeness (QED) is 0.810. The molecule has 0 atom stereocenters. The zero-order valence-electron chi connectivity index (χ0n) is 11.8. The third kappa shape index (κ3) is 2.69. The van der Waals surface area contributed by atoms with Gasteiger partial charge in [-0.3, -0.25) is 0 Å². The van der Waals surface area contributed by atoms with E-state index in [-0.39, 0.29) is 0 Å². The van der Waals surface area contributed by atoms with Crippen molar-refractivity contribution in [3.05, 3.63) is 52.0 Å². The normalized spacial score (nSPS) is 10.6. The fraction of sp³-hybridized carbons (Fsp3) is 0.250. The van der Waals surface area contributed by atoms with Gasteiger partial charge in [0.2, 0.25) is 0 Å². The summed E-state index contributed by atoms with van der Waals surface area (Å²) in [4.78, 5) is 2.15. The molecule has 0 saturated heterocycles. The highest BCUT2D eigenvalue weighted by Crippen LogP contribution is 2.34. The molecular weight excluding hydrogens is 256 g/mol. The average molecular weight is 275 g/mol. The third-order valence-electron chi connectivity index (χ3n) is 3.39. The second kappa shape index (κ2) is 5.14. The molecule has 0 bridgehead atoms. The van der Waals surface area contributed by atoms with E-state index in [1.54, 1.807) is 0 Å². The zero-order chi connectivity index (χ0) is 14.2.